The second-order valence-corrected chi connectivity index (χ2v) is 5.79. The summed E-state index contributed by atoms with van der Waals surface area (Å²) in [5, 5.41) is 14.9. The molecule has 0 fully saturated rings. The van der Waals surface area contributed by atoms with Gasteiger partial charge in [0.05, 0.1) is 5.69 Å². The van der Waals surface area contributed by atoms with Gasteiger partial charge in [-0.05, 0) is 19.8 Å². The van der Waals surface area contributed by atoms with Crippen LogP contribution in [0.2, 0.25) is 0 Å². The molecule has 0 saturated carbocycles. The van der Waals surface area contributed by atoms with E-state index in [1.807, 2.05) is 24.4 Å². The lowest BCUT2D eigenvalue weighted by Crippen LogP contribution is -2.11. The lowest BCUT2D eigenvalue weighted by molar-refractivity contribution is 0.803. The molecule has 3 aromatic rings. The summed E-state index contributed by atoms with van der Waals surface area (Å²) in [6.07, 6.45) is 0.755. The SMILES string of the molecule is Cc1cc2nc(C(C)C)cc(NCCc3n[nH]c(C)n3)n2n1. The number of rotatable bonds is 5. The van der Waals surface area contributed by atoms with Gasteiger partial charge in [-0.3, -0.25) is 5.10 Å². The van der Waals surface area contributed by atoms with Gasteiger partial charge in [0.1, 0.15) is 11.6 Å². The molecule has 0 saturated heterocycles. The molecule has 7 nitrogen and oxygen atoms in total. The Morgan fingerprint density at radius 1 is 1.23 bits per heavy atom. The number of aromatic amines is 1. The fourth-order valence-electron chi connectivity index (χ4n) is 2.33. The van der Waals surface area contributed by atoms with E-state index in [1.165, 1.54) is 0 Å². The van der Waals surface area contributed by atoms with E-state index in [9.17, 15) is 0 Å². The summed E-state index contributed by atoms with van der Waals surface area (Å²) < 4.78 is 1.85. The summed E-state index contributed by atoms with van der Waals surface area (Å²) in [6.45, 7) is 8.90. The van der Waals surface area contributed by atoms with Gasteiger partial charge in [0.15, 0.2) is 11.5 Å². The standard InChI is InChI=1S/C15H21N7/c1-9(2)12-8-14(22-15(18-12)7-10(3)21-22)16-6-5-13-17-11(4)19-20-13/h7-9,16H,5-6H2,1-4H3,(H,17,19,20). The largest absolute Gasteiger partial charge is 0.369 e. The van der Waals surface area contributed by atoms with Crippen LogP contribution in [0.25, 0.3) is 5.65 Å². The molecule has 0 unspecified atom stereocenters. The molecule has 2 N–H and O–H groups in total. The van der Waals surface area contributed by atoms with Crippen molar-refractivity contribution in [3.8, 4) is 0 Å². The monoisotopic (exact) mass is 299 g/mol. The second-order valence-electron chi connectivity index (χ2n) is 5.79. The zero-order valence-corrected chi connectivity index (χ0v) is 13.4. The number of anilines is 1. The highest BCUT2D eigenvalue weighted by Crippen LogP contribution is 2.19. The minimum absolute atomic E-state index is 0.372. The minimum atomic E-state index is 0.372. The van der Waals surface area contributed by atoms with Crippen molar-refractivity contribution in [2.24, 2.45) is 0 Å². The molecule has 0 aromatic carbocycles. The van der Waals surface area contributed by atoms with Crippen LogP contribution in [0.15, 0.2) is 12.1 Å². The summed E-state index contributed by atoms with van der Waals surface area (Å²) in [6, 6.07) is 4.06. The fraction of sp³-hybridized carbons (Fsp3) is 0.467. The molecule has 116 valence electrons. The predicted molar refractivity (Wildman–Crippen MR) is 85.1 cm³/mol. The van der Waals surface area contributed by atoms with E-state index in [4.69, 9.17) is 0 Å². The van der Waals surface area contributed by atoms with Gasteiger partial charge in [-0.25, -0.2) is 9.97 Å². The molecule has 0 bridgehead atoms. The van der Waals surface area contributed by atoms with Crippen molar-refractivity contribution in [3.63, 3.8) is 0 Å². The van der Waals surface area contributed by atoms with Crippen molar-refractivity contribution in [1.82, 2.24) is 29.8 Å². The summed E-state index contributed by atoms with van der Waals surface area (Å²) in [5.74, 6) is 2.98. The van der Waals surface area contributed by atoms with Crippen LogP contribution in [-0.4, -0.2) is 36.3 Å². The number of H-pyrrole nitrogens is 1. The Hall–Kier alpha value is -2.44. The van der Waals surface area contributed by atoms with Gasteiger partial charge >= 0.3 is 0 Å². The lowest BCUT2D eigenvalue weighted by atomic mass is 10.1. The van der Waals surface area contributed by atoms with Gasteiger partial charge in [-0.1, -0.05) is 13.8 Å². The molecule has 0 aliphatic carbocycles. The molecular formula is C15H21N7. The number of hydrogen-bond acceptors (Lipinski definition) is 5. The van der Waals surface area contributed by atoms with Crippen molar-refractivity contribution >= 4 is 11.5 Å². The first-order valence-electron chi connectivity index (χ1n) is 7.52. The van der Waals surface area contributed by atoms with E-state index in [-0.39, 0.29) is 0 Å². The zero-order valence-electron chi connectivity index (χ0n) is 13.4. The smallest absolute Gasteiger partial charge is 0.157 e. The van der Waals surface area contributed by atoms with Crippen LogP contribution in [0.5, 0.6) is 0 Å². The molecule has 3 aromatic heterocycles. The Balaban J connectivity index is 1.82. The maximum atomic E-state index is 4.66. The maximum absolute atomic E-state index is 4.66. The van der Waals surface area contributed by atoms with E-state index in [0.717, 1.165) is 47.5 Å². The fourth-order valence-corrected chi connectivity index (χ4v) is 2.33. The Bertz CT molecular complexity index is 784. The van der Waals surface area contributed by atoms with Crippen molar-refractivity contribution in [3.05, 3.63) is 35.2 Å². The molecule has 0 radical (unpaired) electrons. The van der Waals surface area contributed by atoms with Crippen molar-refractivity contribution < 1.29 is 0 Å². The number of hydrogen-bond donors (Lipinski definition) is 2. The normalized spacial score (nSPS) is 11.5. The van der Waals surface area contributed by atoms with Crippen molar-refractivity contribution in [2.45, 2.75) is 40.0 Å². The van der Waals surface area contributed by atoms with Crippen LogP contribution in [-0.2, 0) is 6.42 Å². The van der Waals surface area contributed by atoms with Gasteiger partial charge in [0.2, 0.25) is 0 Å². The highest BCUT2D eigenvalue weighted by molar-refractivity contribution is 5.51. The van der Waals surface area contributed by atoms with Crippen LogP contribution >= 0.6 is 0 Å². The second kappa shape index (κ2) is 5.75. The molecule has 0 aliphatic rings. The molecule has 3 heterocycles. The van der Waals surface area contributed by atoms with E-state index >= 15 is 0 Å². The Morgan fingerprint density at radius 2 is 2.05 bits per heavy atom. The minimum Gasteiger partial charge on any atom is -0.369 e. The quantitative estimate of drug-likeness (QED) is 0.755. The maximum Gasteiger partial charge on any atom is 0.157 e. The summed E-state index contributed by atoms with van der Waals surface area (Å²) in [7, 11) is 0. The average Bonchev–Trinajstić information content (AvgIpc) is 3.03. The molecular weight excluding hydrogens is 278 g/mol. The van der Waals surface area contributed by atoms with Crippen molar-refractivity contribution in [1.29, 1.82) is 0 Å². The van der Waals surface area contributed by atoms with Gasteiger partial charge in [-0.15, -0.1) is 0 Å². The van der Waals surface area contributed by atoms with Gasteiger partial charge in [0, 0.05) is 30.8 Å². The topological polar surface area (TPSA) is 83.8 Å². The highest BCUT2D eigenvalue weighted by Gasteiger charge is 2.10. The molecule has 0 amide bonds. The lowest BCUT2D eigenvalue weighted by Gasteiger charge is -2.11. The van der Waals surface area contributed by atoms with Crippen LogP contribution in [0, 0.1) is 13.8 Å². The first kappa shape index (κ1) is 14.5. The van der Waals surface area contributed by atoms with E-state index in [0.29, 0.717) is 5.92 Å². The van der Waals surface area contributed by atoms with E-state index in [1.54, 1.807) is 0 Å². The van der Waals surface area contributed by atoms with E-state index in [2.05, 4.69) is 50.5 Å². The first-order valence-corrected chi connectivity index (χ1v) is 7.52. The Labute approximate surface area is 129 Å². The number of aromatic nitrogens is 6. The van der Waals surface area contributed by atoms with Gasteiger partial charge in [0.25, 0.3) is 0 Å². The van der Waals surface area contributed by atoms with Gasteiger partial charge < -0.3 is 5.32 Å². The van der Waals surface area contributed by atoms with E-state index < -0.39 is 0 Å². The Kier molecular flexibility index (Phi) is 3.79. The Morgan fingerprint density at radius 3 is 2.73 bits per heavy atom. The molecule has 0 aliphatic heterocycles. The molecule has 0 atom stereocenters. The highest BCUT2D eigenvalue weighted by atomic mass is 15.3. The number of nitrogens with one attached hydrogen (secondary N) is 2. The third-order valence-corrected chi connectivity index (χ3v) is 3.46. The molecule has 7 heteroatoms. The number of fused-ring (bicyclic) bond motifs is 1. The molecule has 22 heavy (non-hydrogen) atoms. The summed E-state index contributed by atoms with van der Waals surface area (Å²) in [5.41, 5.74) is 2.89. The zero-order chi connectivity index (χ0) is 15.7. The molecule has 0 spiro atoms. The summed E-state index contributed by atoms with van der Waals surface area (Å²) in [4.78, 5) is 8.97. The van der Waals surface area contributed by atoms with Crippen LogP contribution < -0.4 is 5.32 Å². The molecule has 3 rings (SSSR count). The average molecular weight is 299 g/mol. The third-order valence-electron chi connectivity index (χ3n) is 3.46. The predicted octanol–water partition coefficient (Wildman–Crippen LogP) is 2.24. The number of aryl methyl sites for hydroxylation is 2. The van der Waals surface area contributed by atoms with Crippen LogP contribution in [0.3, 0.4) is 0 Å². The van der Waals surface area contributed by atoms with Crippen LogP contribution in [0.1, 0.15) is 42.8 Å². The number of nitrogens with zero attached hydrogens (tertiary/aromatic N) is 5. The van der Waals surface area contributed by atoms with Crippen LogP contribution in [0.4, 0.5) is 5.82 Å². The van der Waals surface area contributed by atoms with Crippen molar-refractivity contribution in [2.75, 3.05) is 11.9 Å². The third kappa shape index (κ3) is 2.93. The van der Waals surface area contributed by atoms with Gasteiger partial charge in [-0.2, -0.15) is 14.7 Å². The summed E-state index contributed by atoms with van der Waals surface area (Å²) >= 11 is 0. The first-order chi connectivity index (χ1) is 10.5.